The second kappa shape index (κ2) is 5.05. The topological polar surface area (TPSA) is 77.8 Å². The molecule has 0 bridgehead atoms. The molecular formula is C20H32O4. The monoisotopic (exact) mass is 336 g/mol. The van der Waals surface area contributed by atoms with Crippen LogP contribution in [0.2, 0.25) is 0 Å². The molecule has 4 nitrogen and oxygen atoms in total. The molecule has 4 aliphatic rings. The highest BCUT2D eigenvalue weighted by molar-refractivity contribution is 5.90. The Hall–Kier alpha value is -0.450. The van der Waals surface area contributed by atoms with Crippen molar-refractivity contribution < 1.29 is 20.1 Å². The summed E-state index contributed by atoms with van der Waals surface area (Å²) < 4.78 is 0. The van der Waals surface area contributed by atoms with Crippen LogP contribution in [0.5, 0.6) is 0 Å². The first-order chi connectivity index (χ1) is 11.1. The summed E-state index contributed by atoms with van der Waals surface area (Å²) in [7, 11) is 0. The first-order valence-electron chi connectivity index (χ1n) is 9.76. The molecule has 4 fully saturated rings. The molecule has 0 aliphatic heterocycles. The van der Waals surface area contributed by atoms with Gasteiger partial charge in [-0.3, -0.25) is 4.79 Å². The molecule has 24 heavy (non-hydrogen) atoms. The summed E-state index contributed by atoms with van der Waals surface area (Å²) in [6, 6.07) is 0. The van der Waals surface area contributed by atoms with E-state index in [2.05, 4.69) is 13.8 Å². The summed E-state index contributed by atoms with van der Waals surface area (Å²) in [6.45, 7) is 6.30. The minimum Gasteiger partial charge on any atom is -0.390 e. The van der Waals surface area contributed by atoms with Crippen LogP contribution in [0.15, 0.2) is 0 Å². The molecule has 4 rings (SSSR count). The number of rotatable bonds is 0. The quantitative estimate of drug-likeness (QED) is 0.634. The summed E-state index contributed by atoms with van der Waals surface area (Å²) in [5.41, 5.74) is -1.16. The maximum atomic E-state index is 13.0. The Morgan fingerprint density at radius 2 is 1.62 bits per heavy atom. The maximum absolute atomic E-state index is 13.0. The van der Waals surface area contributed by atoms with Gasteiger partial charge >= 0.3 is 0 Å². The smallest absolute Gasteiger partial charge is 0.170 e. The van der Waals surface area contributed by atoms with Crippen LogP contribution in [-0.4, -0.2) is 38.9 Å². The van der Waals surface area contributed by atoms with E-state index < -0.39 is 23.2 Å². The van der Waals surface area contributed by atoms with Crippen molar-refractivity contribution in [3.05, 3.63) is 0 Å². The number of hydrogen-bond acceptors (Lipinski definition) is 4. The molecule has 4 unspecified atom stereocenters. The van der Waals surface area contributed by atoms with Gasteiger partial charge in [0.1, 0.15) is 6.10 Å². The molecule has 0 amide bonds. The number of ketones is 1. The van der Waals surface area contributed by atoms with Crippen molar-refractivity contribution in [3.8, 4) is 0 Å². The van der Waals surface area contributed by atoms with Gasteiger partial charge in [0, 0.05) is 5.41 Å². The van der Waals surface area contributed by atoms with Crippen LogP contribution in [0.25, 0.3) is 0 Å². The van der Waals surface area contributed by atoms with E-state index in [9.17, 15) is 20.1 Å². The van der Waals surface area contributed by atoms with Gasteiger partial charge in [0.15, 0.2) is 5.78 Å². The second-order valence-corrected chi connectivity index (χ2v) is 9.81. The van der Waals surface area contributed by atoms with E-state index in [1.807, 2.05) is 6.92 Å². The number of hydrogen-bond donors (Lipinski definition) is 3. The summed E-state index contributed by atoms with van der Waals surface area (Å²) in [6.07, 6.45) is 4.30. The molecule has 0 radical (unpaired) electrons. The van der Waals surface area contributed by atoms with Crippen LogP contribution in [0.3, 0.4) is 0 Å². The standard InChI is InChI=1S/C20H32O4/c1-18-8-6-14-12(13(18)7-9-19(18,2)24)5-4-11-10-15(21)16(22)17(23)20(11,14)3/h11-16,21-22,24H,4-10H2,1-3H3/t11-,12?,13?,14?,15?,16-,18-,19-,20-/m0/s1. The Morgan fingerprint density at radius 1 is 0.958 bits per heavy atom. The lowest BCUT2D eigenvalue weighted by Gasteiger charge is -2.60. The van der Waals surface area contributed by atoms with Crippen molar-refractivity contribution >= 4 is 5.78 Å². The van der Waals surface area contributed by atoms with E-state index in [4.69, 9.17) is 0 Å². The molecule has 3 N–H and O–H groups in total. The van der Waals surface area contributed by atoms with Crippen LogP contribution in [0.4, 0.5) is 0 Å². The summed E-state index contributed by atoms with van der Waals surface area (Å²) in [5.74, 6) is 1.29. The van der Waals surface area contributed by atoms with E-state index in [1.165, 1.54) is 0 Å². The number of aliphatic hydroxyl groups excluding tert-OH is 2. The highest BCUT2D eigenvalue weighted by atomic mass is 16.3. The number of carbonyl (C=O) groups excluding carboxylic acids is 1. The zero-order valence-corrected chi connectivity index (χ0v) is 15.2. The van der Waals surface area contributed by atoms with Gasteiger partial charge in [-0.05, 0) is 81.0 Å². The van der Waals surface area contributed by atoms with Gasteiger partial charge in [0.2, 0.25) is 0 Å². The predicted molar refractivity (Wildman–Crippen MR) is 90.1 cm³/mol. The fraction of sp³-hybridized carbons (Fsp3) is 0.950. The van der Waals surface area contributed by atoms with Crippen LogP contribution in [0.1, 0.15) is 65.7 Å². The first-order valence-corrected chi connectivity index (χ1v) is 9.76. The lowest BCUT2D eigenvalue weighted by molar-refractivity contribution is -0.184. The molecule has 4 aliphatic carbocycles. The Labute approximate surface area is 144 Å². The van der Waals surface area contributed by atoms with Gasteiger partial charge in [-0.1, -0.05) is 13.8 Å². The molecular weight excluding hydrogens is 304 g/mol. The predicted octanol–water partition coefficient (Wildman–Crippen LogP) is 2.29. The fourth-order valence-corrected chi connectivity index (χ4v) is 7.33. The fourth-order valence-electron chi connectivity index (χ4n) is 7.33. The van der Waals surface area contributed by atoms with E-state index in [1.54, 1.807) is 0 Å². The van der Waals surface area contributed by atoms with Gasteiger partial charge in [-0.15, -0.1) is 0 Å². The molecule has 0 saturated heterocycles. The van der Waals surface area contributed by atoms with E-state index >= 15 is 0 Å². The SMILES string of the molecule is C[C@]1(O)CCC2C3CC[C@H]4CC(O)[C@H](O)C(=O)[C@]4(C)C3CC[C@@]21C. The van der Waals surface area contributed by atoms with E-state index in [0.717, 1.165) is 38.5 Å². The number of Topliss-reactive ketones (excluding diaryl/α,β-unsaturated/α-hetero) is 1. The lowest BCUT2D eigenvalue weighted by atomic mass is 9.44. The normalized spacial score (nSPS) is 60.3. The summed E-state index contributed by atoms with van der Waals surface area (Å²) in [5, 5.41) is 31.2. The first kappa shape index (κ1) is 17.0. The van der Waals surface area contributed by atoms with Crippen molar-refractivity contribution in [2.45, 2.75) is 83.5 Å². The van der Waals surface area contributed by atoms with Gasteiger partial charge in [-0.25, -0.2) is 0 Å². The Kier molecular flexibility index (Phi) is 3.57. The third-order valence-electron chi connectivity index (χ3n) is 9.16. The van der Waals surface area contributed by atoms with Crippen molar-refractivity contribution in [3.63, 3.8) is 0 Å². The van der Waals surface area contributed by atoms with Crippen molar-refractivity contribution in [2.24, 2.45) is 34.5 Å². The molecule has 9 atom stereocenters. The van der Waals surface area contributed by atoms with Gasteiger partial charge in [-0.2, -0.15) is 0 Å². The Bertz CT molecular complexity index is 558. The molecule has 0 aromatic rings. The van der Waals surface area contributed by atoms with Gasteiger partial charge in [0.25, 0.3) is 0 Å². The number of fused-ring (bicyclic) bond motifs is 5. The van der Waals surface area contributed by atoms with E-state index in [-0.39, 0.29) is 23.0 Å². The highest BCUT2D eigenvalue weighted by Crippen LogP contribution is 2.67. The molecule has 0 heterocycles. The van der Waals surface area contributed by atoms with Crippen LogP contribution >= 0.6 is 0 Å². The molecule has 0 aromatic heterocycles. The summed E-state index contributed by atoms with van der Waals surface area (Å²) >= 11 is 0. The third kappa shape index (κ3) is 1.88. The average molecular weight is 336 g/mol. The highest BCUT2D eigenvalue weighted by Gasteiger charge is 2.65. The number of carbonyl (C=O) groups is 1. The maximum Gasteiger partial charge on any atom is 0.170 e. The van der Waals surface area contributed by atoms with E-state index in [0.29, 0.717) is 18.3 Å². The zero-order valence-electron chi connectivity index (χ0n) is 15.2. The van der Waals surface area contributed by atoms with Crippen molar-refractivity contribution in [1.82, 2.24) is 0 Å². The second-order valence-electron chi connectivity index (χ2n) is 9.81. The average Bonchev–Trinajstić information content (AvgIpc) is 2.77. The molecule has 4 heteroatoms. The molecule has 0 spiro atoms. The van der Waals surface area contributed by atoms with Crippen LogP contribution < -0.4 is 0 Å². The minimum atomic E-state index is -1.22. The molecule has 136 valence electrons. The van der Waals surface area contributed by atoms with Crippen LogP contribution in [0, 0.1) is 34.5 Å². The van der Waals surface area contributed by atoms with Crippen molar-refractivity contribution in [1.29, 1.82) is 0 Å². The van der Waals surface area contributed by atoms with Gasteiger partial charge in [0.05, 0.1) is 11.7 Å². The Balaban J connectivity index is 1.70. The molecule has 4 saturated carbocycles. The summed E-state index contributed by atoms with van der Waals surface area (Å²) in [4.78, 5) is 13.0. The number of aliphatic hydroxyl groups is 3. The van der Waals surface area contributed by atoms with Crippen molar-refractivity contribution in [2.75, 3.05) is 0 Å². The molecule has 0 aromatic carbocycles. The van der Waals surface area contributed by atoms with Gasteiger partial charge < -0.3 is 15.3 Å². The zero-order chi connectivity index (χ0) is 17.5. The third-order valence-corrected chi connectivity index (χ3v) is 9.16. The largest absolute Gasteiger partial charge is 0.390 e. The van der Waals surface area contributed by atoms with Crippen LogP contribution in [-0.2, 0) is 4.79 Å². The Morgan fingerprint density at radius 3 is 2.33 bits per heavy atom. The minimum absolute atomic E-state index is 0.0484. The lowest BCUT2D eigenvalue weighted by Crippen LogP contribution is -2.62.